The van der Waals surface area contributed by atoms with Gasteiger partial charge in [0.05, 0.1) is 37.6 Å². The van der Waals surface area contributed by atoms with Crippen molar-refractivity contribution in [1.29, 1.82) is 0 Å². The molecule has 0 radical (unpaired) electrons. The van der Waals surface area contributed by atoms with Gasteiger partial charge in [0, 0.05) is 3.57 Å². The zero-order chi connectivity index (χ0) is 27.3. The van der Waals surface area contributed by atoms with Gasteiger partial charge in [0.15, 0.2) is 11.5 Å². The zero-order valence-electron chi connectivity index (χ0n) is 21.0. The van der Waals surface area contributed by atoms with Crippen LogP contribution < -0.4 is 25.0 Å². The number of halogens is 1. The van der Waals surface area contributed by atoms with Crippen molar-refractivity contribution >= 4 is 46.6 Å². The molecule has 0 unspecified atom stereocenters. The maximum absolute atomic E-state index is 12.6. The van der Waals surface area contributed by atoms with E-state index in [-0.39, 0.29) is 18.2 Å². The summed E-state index contributed by atoms with van der Waals surface area (Å²) in [5, 5.41) is 6.46. The van der Waals surface area contributed by atoms with Gasteiger partial charge in [-0.3, -0.25) is 9.59 Å². The lowest BCUT2D eigenvalue weighted by atomic mass is 10.2. The Hall–Kier alpha value is -3.93. The first-order valence-corrected chi connectivity index (χ1v) is 13.0. The number of methoxy groups -OCH3 is 1. The molecule has 10 heteroatoms. The first-order chi connectivity index (χ1) is 18.4. The number of esters is 1. The highest BCUT2D eigenvalue weighted by Crippen LogP contribution is 2.28. The molecule has 0 aliphatic carbocycles. The number of carbonyl (C=O) groups is 3. The Balaban J connectivity index is 1.52. The number of amides is 2. The first kappa shape index (κ1) is 28.6. The maximum Gasteiger partial charge on any atom is 0.343 e. The van der Waals surface area contributed by atoms with Crippen LogP contribution in [0, 0.1) is 3.57 Å². The number of nitrogens with zero attached hydrogens (tertiary/aromatic N) is 1. The van der Waals surface area contributed by atoms with Crippen LogP contribution >= 0.6 is 22.6 Å². The standard InChI is InChI=1S/C28H28IN3O6/c1-3-4-15-37-21-12-10-20(11-13-21)28(35)38-24-14-9-19(16-25(24)36-2)17-31-32-26(33)18-30-27(34)22-7-5-6-8-23(22)29/h5-14,16-17H,3-4,15,18H2,1-2H3,(H,30,34)(H,32,33)/b31-17+. The van der Waals surface area contributed by atoms with Crippen molar-refractivity contribution in [2.24, 2.45) is 5.10 Å². The molecule has 0 saturated heterocycles. The number of hydrogen-bond acceptors (Lipinski definition) is 7. The molecule has 3 rings (SSSR count). The molecule has 0 aliphatic rings. The Morgan fingerprint density at radius 2 is 1.76 bits per heavy atom. The number of rotatable bonds is 12. The molecule has 3 aromatic carbocycles. The number of hydrogen-bond donors (Lipinski definition) is 2. The average Bonchev–Trinajstić information content (AvgIpc) is 2.93. The van der Waals surface area contributed by atoms with Crippen LogP contribution in [0.5, 0.6) is 17.2 Å². The van der Waals surface area contributed by atoms with E-state index in [1.54, 1.807) is 54.6 Å². The second-order valence-electron chi connectivity index (χ2n) is 7.98. The van der Waals surface area contributed by atoms with E-state index in [4.69, 9.17) is 14.2 Å². The fourth-order valence-corrected chi connectivity index (χ4v) is 3.78. The van der Waals surface area contributed by atoms with Crippen molar-refractivity contribution in [2.75, 3.05) is 20.3 Å². The Labute approximate surface area is 234 Å². The average molecular weight is 629 g/mol. The molecule has 9 nitrogen and oxygen atoms in total. The van der Waals surface area contributed by atoms with E-state index in [9.17, 15) is 14.4 Å². The van der Waals surface area contributed by atoms with Crippen LogP contribution in [0.2, 0.25) is 0 Å². The molecular weight excluding hydrogens is 601 g/mol. The smallest absolute Gasteiger partial charge is 0.343 e. The molecule has 0 aromatic heterocycles. The van der Waals surface area contributed by atoms with E-state index in [2.05, 4.69) is 45.4 Å². The molecule has 0 fully saturated rings. The second kappa shape index (κ2) is 14.7. The molecule has 2 amide bonds. The first-order valence-electron chi connectivity index (χ1n) is 11.9. The van der Waals surface area contributed by atoms with Crippen molar-refractivity contribution in [1.82, 2.24) is 10.7 Å². The maximum atomic E-state index is 12.6. The quantitative estimate of drug-likeness (QED) is 0.0758. The van der Waals surface area contributed by atoms with Gasteiger partial charge in [-0.2, -0.15) is 5.10 Å². The number of hydrazone groups is 1. The predicted molar refractivity (Wildman–Crippen MR) is 152 cm³/mol. The third-order valence-corrected chi connectivity index (χ3v) is 6.12. The zero-order valence-corrected chi connectivity index (χ0v) is 23.2. The minimum atomic E-state index is -0.538. The van der Waals surface area contributed by atoms with Crippen LogP contribution in [0.3, 0.4) is 0 Å². The molecule has 0 bridgehead atoms. The number of nitrogens with one attached hydrogen (secondary N) is 2. The molecule has 0 atom stereocenters. The van der Waals surface area contributed by atoms with Gasteiger partial charge in [-0.15, -0.1) is 0 Å². The van der Waals surface area contributed by atoms with Gasteiger partial charge in [0.1, 0.15) is 5.75 Å². The van der Waals surface area contributed by atoms with Crippen molar-refractivity contribution < 1.29 is 28.6 Å². The molecule has 38 heavy (non-hydrogen) atoms. The Morgan fingerprint density at radius 3 is 2.47 bits per heavy atom. The fraction of sp³-hybridized carbons (Fsp3) is 0.214. The monoisotopic (exact) mass is 629 g/mol. The van der Waals surface area contributed by atoms with Crippen LogP contribution in [0.15, 0.2) is 71.8 Å². The fourth-order valence-electron chi connectivity index (χ4n) is 3.15. The van der Waals surface area contributed by atoms with Gasteiger partial charge in [-0.1, -0.05) is 25.5 Å². The van der Waals surface area contributed by atoms with Gasteiger partial charge < -0.3 is 19.5 Å². The normalized spacial score (nSPS) is 10.6. The van der Waals surface area contributed by atoms with Crippen LogP contribution in [0.4, 0.5) is 0 Å². The number of carbonyl (C=O) groups excluding carboxylic acids is 3. The summed E-state index contributed by atoms with van der Waals surface area (Å²) in [6.45, 7) is 2.48. The number of ether oxygens (including phenoxy) is 3. The summed E-state index contributed by atoms with van der Waals surface area (Å²) in [6.07, 6.45) is 3.41. The lowest BCUT2D eigenvalue weighted by Crippen LogP contribution is -2.35. The Kier molecular flexibility index (Phi) is 11.1. The summed E-state index contributed by atoms with van der Waals surface area (Å²) in [5.41, 5.74) is 3.82. The highest BCUT2D eigenvalue weighted by Gasteiger charge is 2.14. The van der Waals surface area contributed by atoms with Crippen molar-refractivity contribution in [2.45, 2.75) is 19.8 Å². The largest absolute Gasteiger partial charge is 0.494 e. The predicted octanol–water partition coefficient (Wildman–Crippen LogP) is 4.58. The van der Waals surface area contributed by atoms with E-state index in [1.165, 1.54) is 13.3 Å². The van der Waals surface area contributed by atoms with Crippen LogP contribution in [-0.2, 0) is 4.79 Å². The summed E-state index contributed by atoms with van der Waals surface area (Å²) >= 11 is 2.06. The molecular formula is C28H28IN3O6. The van der Waals surface area contributed by atoms with Gasteiger partial charge in [-0.25, -0.2) is 10.2 Å². The van der Waals surface area contributed by atoms with Crippen molar-refractivity contribution in [3.05, 3.63) is 87.0 Å². The lowest BCUT2D eigenvalue weighted by molar-refractivity contribution is -0.120. The molecule has 0 aliphatic heterocycles. The highest BCUT2D eigenvalue weighted by atomic mass is 127. The molecule has 0 saturated carbocycles. The topological polar surface area (TPSA) is 115 Å². The van der Waals surface area contributed by atoms with E-state index < -0.39 is 11.9 Å². The molecule has 2 N–H and O–H groups in total. The molecule has 0 spiro atoms. The summed E-state index contributed by atoms with van der Waals surface area (Å²) in [4.78, 5) is 36.8. The molecule has 0 heterocycles. The summed E-state index contributed by atoms with van der Waals surface area (Å²) in [6, 6.07) is 18.7. The van der Waals surface area contributed by atoms with E-state index in [0.29, 0.717) is 34.8 Å². The van der Waals surface area contributed by atoms with E-state index >= 15 is 0 Å². The minimum absolute atomic E-state index is 0.231. The summed E-state index contributed by atoms with van der Waals surface area (Å²) in [7, 11) is 1.45. The second-order valence-corrected chi connectivity index (χ2v) is 9.14. The van der Waals surface area contributed by atoms with Gasteiger partial charge in [-0.05, 0) is 89.2 Å². The molecule has 198 valence electrons. The van der Waals surface area contributed by atoms with Gasteiger partial charge in [0.2, 0.25) is 0 Å². The minimum Gasteiger partial charge on any atom is -0.494 e. The number of benzene rings is 3. The van der Waals surface area contributed by atoms with Crippen molar-refractivity contribution in [3.63, 3.8) is 0 Å². The van der Waals surface area contributed by atoms with Crippen molar-refractivity contribution in [3.8, 4) is 17.2 Å². The van der Waals surface area contributed by atoms with E-state index in [0.717, 1.165) is 16.4 Å². The van der Waals surface area contributed by atoms with Gasteiger partial charge in [0.25, 0.3) is 11.8 Å². The Bertz CT molecular complexity index is 1290. The third-order valence-electron chi connectivity index (χ3n) is 5.18. The molecule has 3 aromatic rings. The summed E-state index contributed by atoms with van der Waals surface area (Å²) in [5.74, 6) is -0.126. The van der Waals surface area contributed by atoms with Crippen LogP contribution in [-0.4, -0.2) is 44.3 Å². The lowest BCUT2D eigenvalue weighted by Gasteiger charge is -2.10. The van der Waals surface area contributed by atoms with E-state index in [1.807, 2.05) is 12.1 Å². The third kappa shape index (κ3) is 8.58. The Morgan fingerprint density at radius 1 is 1.00 bits per heavy atom. The van der Waals surface area contributed by atoms with Gasteiger partial charge >= 0.3 is 5.97 Å². The summed E-state index contributed by atoms with van der Waals surface area (Å²) < 4.78 is 17.2. The number of unbranched alkanes of at least 4 members (excludes halogenated alkanes) is 1. The van der Waals surface area contributed by atoms with Crippen LogP contribution in [0.1, 0.15) is 46.0 Å². The highest BCUT2D eigenvalue weighted by molar-refractivity contribution is 14.1. The SMILES string of the molecule is CCCCOc1ccc(C(=O)Oc2ccc(/C=N/NC(=O)CNC(=O)c3ccccc3I)cc2OC)cc1. The van der Waals surface area contributed by atoms with Crippen LogP contribution in [0.25, 0.3) is 0 Å².